The molecule has 2 aromatic heterocycles. The second kappa shape index (κ2) is 7.08. The fourth-order valence-corrected chi connectivity index (χ4v) is 4.03. The minimum atomic E-state index is -0.352. The van der Waals surface area contributed by atoms with Crippen LogP contribution in [0.25, 0.3) is 16.6 Å². The summed E-state index contributed by atoms with van der Waals surface area (Å²) in [7, 11) is 0. The number of aromatic amines is 1. The standard InChI is InChI=1S/C19H20N6OS/c1-3-25-18(12-8-9-12)23-24-19(25)27-11(2)16(26)13(10-20)17-21-14-6-4-5-7-15(14)22-17/h4-7,11-12,26H,3,8-9H2,1-2H3,(H,21,22)/b16-13-/t11-/m0/s1. The van der Waals surface area contributed by atoms with E-state index in [2.05, 4.69) is 37.7 Å². The number of nitrogens with one attached hydrogen (secondary N) is 1. The number of allylic oxidation sites excluding steroid dienone is 1. The molecule has 1 saturated carbocycles. The quantitative estimate of drug-likeness (QED) is 0.380. The molecule has 0 unspecified atom stereocenters. The van der Waals surface area contributed by atoms with Crippen LogP contribution in [-0.4, -0.2) is 35.1 Å². The summed E-state index contributed by atoms with van der Waals surface area (Å²) in [6.07, 6.45) is 2.32. The van der Waals surface area contributed by atoms with E-state index in [-0.39, 0.29) is 16.6 Å². The molecule has 7 nitrogen and oxygen atoms in total. The first-order chi connectivity index (χ1) is 13.1. The van der Waals surface area contributed by atoms with Gasteiger partial charge in [-0.2, -0.15) is 5.26 Å². The fourth-order valence-electron chi connectivity index (χ4n) is 3.05. The average molecular weight is 380 g/mol. The average Bonchev–Trinajstić information content (AvgIpc) is 3.30. The maximum Gasteiger partial charge on any atom is 0.191 e. The summed E-state index contributed by atoms with van der Waals surface area (Å²) >= 11 is 1.40. The Morgan fingerprint density at radius 3 is 2.85 bits per heavy atom. The van der Waals surface area contributed by atoms with Crippen LogP contribution in [0.5, 0.6) is 0 Å². The Bertz CT molecular complexity index is 1020. The van der Waals surface area contributed by atoms with Crippen LogP contribution < -0.4 is 0 Å². The van der Waals surface area contributed by atoms with Gasteiger partial charge in [-0.15, -0.1) is 10.2 Å². The van der Waals surface area contributed by atoms with Gasteiger partial charge in [-0.05, 0) is 38.8 Å². The maximum atomic E-state index is 10.7. The van der Waals surface area contributed by atoms with Crippen molar-refractivity contribution in [1.29, 1.82) is 5.26 Å². The number of thioether (sulfide) groups is 1. The molecule has 1 aliphatic rings. The van der Waals surface area contributed by atoms with Crippen molar-refractivity contribution in [3.63, 3.8) is 0 Å². The van der Waals surface area contributed by atoms with Crippen molar-refractivity contribution in [2.75, 3.05) is 0 Å². The van der Waals surface area contributed by atoms with E-state index in [1.807, 2.05) is 31.2 Å². The van der Waals surface area contributed by atoms with E-state index in [0.717, 1.165) is 41.4 Å². The molecule has 3 aromatic rings. The van der Waals surface area contributed by atoms with E-state index in [9.17, 15) is 10.4 Å². The molecular weight excluding hydrogens is 360 g/mol. The number of nitrogens with zero attached hydrogens (tertiary/aromatic N) is 5. The van der Waals surface area contributed by atoms with Gasteiger partial charge in [0.15, 0.2) is 11.0 Å². The number of para-hydroxylation sites is 2. The van der Waals surface area contributed by atoms with Crippen LogP contribution in [0.2, 0.25) is 0 Å². The van der Waals surface area contributed by atoms with Crippen LogP contribution in [0.4, 0.5) is 0 Å². The van der Waals surface area contributed by atoms with Crippen molar-refractivity contribution in [2.45, 2.75) is 49.6 Å². The summed E-state index contributed by atoms with van der Waals surface area (Å²) in [4.78, 5) is 7.53. The number of imidazole rings is 1. The van der Waals surface area contributed by atoms with E-state index < -0.39 is 0 Å². The molecule has 4 rings (SSSR count). The number of benzene rings is 1. The molecule has 0 spiro atoms. The molecule has 1 fully saturated rings. The molecule has 8 heteroatoms. The van der Waals surface area contributed by atoms with Gasteiger partial charge in [-0.3, -0.25) is 0 Å². The van der Waals surface area contributed by atoms with E-state index in [0.29, 0.717) is 11.7 Å². The third kappa shape index (κ3) is 3.30. The van der Waals surface area contributed by atoms with E-state index >= 15 is 0 Å². The molecule has 1 atom stereocenters. The number of aliphatic hydroxyl groups is 1. The summed E-state index contributed by atoms with van der Waals surface area (Å²) < 4.78 is 2.10. The maximum absolute atomic E-state index is 10.7. The monoisotopic (exact) mass is 380 g/mol. The Morgan fingerprint density at radius 2 is 2.19 bits per heavy atom. The van der Waals surface area contributed by atoms with Gasteiger partial charge in [0.1, 0.15) is 23.2 Å². The van der Waals surface area contributed by atoms with Gasteiger partial charge in [0.25, 0.3) is 0 Å². The Balaban J connectivity index is 1.63. The van der Waals surface area contributed by atoms with Crippen LogP contribution >= 0.6 is 11.8 Å². The number of nitriles is 1. The zero-order valence-electron chi connectivity index (χ0n) is 15.2. The van der Waals surface area contributed by atoms with Gasteiger partial charge < -0.3 is 14.7 Å². The highest BCUT2D eigenvalue weighted by molar-refractivity contribution is 7.99. The lowest BCUT2D eigenvalue weighted by molar-refractivity contribution is 0.401. The van der Waals surface area contributed by atoms with Gasteiger partial charge in [-0.1, -0.05) is 23.9 Å². The van der Waals surface area contributed by atoms with Crippen LogP contribution in [0.3, 0.4) is 0 Å². The predicted molar refractivity (Wildman–Crippen MR) is 104 cm³/mol. The van der Waals surface area contributed by atoms with Crippen LogP contribution in [0.15, 0.2) is 35.2 Å². The molecule has 0 amide bonds. The first-order valence-electron chi connectivity index (χ1n) is 9.00. The third-order valence-electron chi connectivity index (χ3n) is 4.67. The molecular formula is C19H20N6OS. The van der Waals surface area contributed by atoms with Crippen molar-refractivity contribution in [3.05, 3.63) is 41.7 Å². The van der Waals surface area contributed by atoms with E-state index in [1.165, 1.54) is 11.8 Å². The number of hydrogen-bond donors (Lipinski definition) is 2. The summed E-state index contributed by atoms with van der Waals surface area (Å²) in [6.45, 7) is 4.70. The van der Waals surface area contributed by atoms with E-state index in [4.69, 9.17) is 0 Å². The molecule has 0 bridgehead atoms. The van der Waals surface area contributed by atoms with Gasteiger partial charge in [0.05, 0.1) is 16.3 Å². The third-order valence-corrected chi connectivity index (χ3v) is 5.76. The van der Waals surface area contributed by atoms with Crippen molar-refractivity contribution in [2.24, 2.45) is 0 Å². The van der Waals surface area contributed by atoms with Gasteiger partial charge in [-0.25, -0.2) is 4.98 Å². The molecule has 0 radical (unpaired) electrons. The van der Waals surface area contributed by atoms with Crippen molar-refractivity contribution in [3.8, 4) is 6.07 Å². The lowest BCUT2D eigenvalue weighted by Crippen LogP contribution is -2.08. The number of aliphatic hydroxyl groups excluding tert-OH is 1. The topological polar surface area (TPSA) is 103 Å². The minimum absolute atomic E-state index is 0.0137. The highest BCUT2D eigenvalue weighted by atomic mass is 32.2. The first kappa shape index (κ1) is 17.6. The molecule has 138 valence electrons. The van der Waals surface area contributed by atoms with Gasteiger partial charge in [0, 0.05) is 12.5 Å². The van der Waals surface area contributed by atoms with Crippen LogP contribution in [0, 0.1) is 11.3 Å². The molecule has 2 N–H and O–H groups in total. The van der Waals surface area contributed by atoms with Crippen molar-refractivity contribution in [1.82, 2.24) is 24.7 Å². The first-order valence-corrected chi connectivity index (χ1v) is 9.88. The SMILES string of the molecule is CCn1c(S[C@@H](C)/C(O)=C(\C#N)c2nc3ccccc3[nH]2)nnc1C1CC1. The second-order valence-electron chi connectivity index (χ2n) is 6.59. The second-order valence-corrected chi connectivity index (χ2v) is 7.90. The Labute approximate surface area is 161 Å². The van der Waals surface area contributed by atoms with Gasteiger partial charge >= 0.3 is 0 Å². The molecule has 1 aromatic carbocycles. The zero-order chi connectivity index (χ0) is 19.0. The lowest BCUT2D eigenvalue weighted by atomic mass is 10.2. The summed E-state index contributed by atoms with van der Waals surface area (Å²) in [5, 5.41) is 29.4. The summed E-state index contributed by atoms with van der Waals surface area (Å²) in [6, 6.07) is 9.62. The fraction of sp³-hybridized carbons (Fsp3) is 0.368. The van der Waals surface area contributed by atoms with Crippen molar-refractivity contribution < 1.29 is 5.11 Å². The number of aromatic nitrogens is 5. The molecule has 1 aliphatic carbocycles. The minimum Gasteiger partial charge on any atom is -0.510 e. The number of hydrogen-bond acceptors (Lipinski definition) is 6. The van der Waals surface area contributed by atoms with Crippen molar-refractivity contribution >= 4 is 28.4 Å². The van der Waals surface area contributed by atoms with Gasteiger partial charge in [0.2, 0.25) is 0 Å². The molecule has 0 aliphatic heterocycles. The number of rotatable bonds is 6. The smallest absolute Gasteiger partial charge is 0.191 e. The lowest BCUT2D eigenvalue weighted by Gasteiger charge is -2.12. The van der Waals surface area contributed by atoms with Crippen LogP contribution in [-0.2, 0) is 6.54 Å². The molecule has 2 heterocycles. The Hall–Kier alpha value is -2.79. The summed E-state index contributed by atoms with van der Waals surface area (Å²) in [5.41, 5.74) is 1.73. The highest BCUT2D eigenvalue weighted by Crippen LogP contribution is 2.40. The number of H-pyrrole nitrogens is 1. The molecule has 27 heavy (non-hydrogen) atoms. The number of fused-ring (bicyclic) bond motifs is 1. The molecule has 0 saturated heterocycles. The Morgan fingerprint density at radius 1 is 1.41 bits per heavy atom. The van der Waals surface area contributed by atoms with E-state index in [1.54, 1.807) is 0 Å². The van der Waals surface area contributed by atoms with Crippen LogP contribution in [0.1, 0.15) is 44.3 Å². The highest BCUT2D eigenvalue weighted by Gasteiger charge is 2.30. The largest absolute Gasteiger partial charge is 0.510 e. The normalized spacial score (nSPS) is 16.2. The summed E-state index contributed by atoms with van der Waals surface area (Å²) in [5.74, 6) is 1.89. The predicted octanol–water partition coefficient (Wildman–Crippen LogP) is 4.03. The zero-order valence-corrected chi connectivity index (χ0v) is 16.0. The Kier molecular flexibility index (Phi) is 4.62.